The maximum Gasteiger partial charge on any atom is 0.219 e. The van der Waals surface area contributed by atoms with Crippen molar-refractivity contribution >= 4 is 5.91 Å². The van der Waals surface area contributed by atoms with Crippen molar-refractivity contribution < 1.29 is 4.79 Å². The van der Waals surface area contributed by atoms with Gasteiger partial charge in [-0.2, -0.15) is 0 Å². The Hall–Kier alpha value is -1.32. The van der Waals surface area contributed by atoms with Crippen molar-refractivity contribution in [3.05, 3.63) is 17.7 Å². The van der Waals surface area contributed by atoms with Crippen LogP contribution in [0.2, 0.25) is 0 Å². The predicted octanol–water partition coefficient (Wildman–Crippen LogP) is 3.16. The lowest BCUT2D eigenvalue weighted by molar-refractivity contribution is -0.120. The van der Waals surface area contributed by atoms with E-state index in [1.165, 1.54) is 44.2 Å². The summed E-state index contributed by atoms with van der Waals surface area (Å²) >= 11 is 0. The number of imidazole rings is 1. The van der Waals surface area contributed by atoms with Crippen molar-refractivity contribution in [1.29, 1.82) is 0 Å². The van der Waals surface area contributed by atoms with E-state index in [1.54, 1.807) is 0 Å². The van der Waals surface area contributed by atoms with E-state index in [-0.39, 0.29) is 5.91 Å². The van der Waals surface area contributed by atoms with Crippen molar-refractivity contribution in [3.8, 4) is 0 Å². The summed E-state index contributed by atoms with van der Waals surface area (Å²) in [6.07, 6.45) is 11.3. The molecule has 0 radical (unpaired) electrons. The molecule has 1 aromatic rings. The van der Waals surface area contributed by atoms with E-state index in [0.29, 0.717) is 19.0 Å². The lowest BCUT2D eigenvalue weighted by Crippen LogP contribution is -2.26. The van der Waals surface area contributed by atoms with Crippen LogP contribution in [0.15, 0.2) is 6.20 Å². The smallest absolute Gasteiger partial charge is 0.219 e. The third kappa shape index (κ3) is 3.84. The summed E-state index contributed by atoms with van der Waals surface area (Å²) in [5.41, 5.74) is 1.26. The maximum absolute atomic E-state index is 11.3. The second-order valence-corrected chi connectivity index (χ2v) is 5.78. The van der Waals surface area contributed by atoms with Gasteiger partial charge in [-0.3, -0.25) is 4.79 Å². The Morgan fingerprint density at radius 1 is 1.35 bits per heavy atom. The van der Waals surface area contributed by atoms with Gasteiger partial charge < -0.3 is 9.88 Å². The molecule has 0 saturated heterocycles. The van der Waals surface area contributed by atoms with Crippen LogP contribution in [-0.4, -0.2) is 22.0 Å². The van der Waals surface area contributed by atoms with Crippen LogP contribution in [-0.2, 0) is 11.2 Å². The van der Waals surface area contributed by atoms with Crippen LogP contribution in [0.4, 0.5) is 0 Å². The van der Waals surface area contributed by atoms with E-state index >= 15 is 0 Å². The number of amides is 1. The van der Waals surface area contributed by atoms with E-state index < -0.39 is 0 Å². The van der Waals surface area contributed by atoms with Crippen LogP contribution >= 0.6 is 0 Å². The number of hydrogen-bond donors (Lipinski definition) is 1. The highest BCUT2D eigenvalue weighted by molar-refractivity contribution is 5.75. The zero-order valence-corrected chi connectivity index (χ0v) is 12.8. The first-order chi connectivity index (χ1) is 9.72. The minimum atomic E-state index is 0.120. The molecule has 0 spiro atoms. The Bertz CT molecular complexity index is 431. The third-order valence-electron chi connectivity index (χ3n) is 4.24. The number of carbonyl (C=O) groups excluding carboxylic acids is 1. The van der Waals surface area contributed by atoms with Gasteiger partial charge in [0.2, 0.25) is 5.91 Å². The molecule has 1 aliphatic rings. The summed E-state index contributed by atoms with van der Waals surface area (Å²) in [6, 6.07) is 0.608. The van der Waals surface area contributed by atoms with Gasteiger partial charge in [0.05, 0.1) is 0 Å². The summed E-state index contributed by atoms with van der Waals surface area (Å²) in [5, 5.41) is 2.94. The zero-order chi connectivity index (χ0) is 14.4. The number of aryl methyl sites for hydroxylation is 1. The van der Waals surface area contributed by atoms with Gasteiger partial charge in [-0.05, 0) is 19.8 Å². The van der Waals surface area contributed by atoms with E-state index in [1.807, 2.05) is 13.1 Å². The Kier molecular flexibility index (Phi) is 5.62. The lowest BCUT2D eigenvalue weighted by atomic mass is 10.1. The molecule has 1 N–H and O–H groups in total. The number of nitrogens with zero attached hydrogens (tertiary/aromatic N) is 2. The first-order valence-electron chi connectivity index (χ1n) is 8.01. The topological polar surface area (TPSA) is 46.9 Å². The molecule has 0 unspecified atom stereocenters. The largest absolute Gasteiger partial charge is 0.356 e. The van der Waals surface area contributed by atoms with E-state index in [2.05, 4.69) is 21.8 Å². The lowest BCUT2D eigenvalue weighted by Gasteiger charge is -2.21. The van der Waals surface area contributed by atoms with Gasteiger partial charge >= 0.3 is 0 Å². The predicted molar refractivity (Wildman–Crippen MR) is 80.7 cm³/mol. The number of hydrogen-bond acceptors (Lipinski definition) is 2. The van der Waals surface area contributed by atoms with Gasteiger partial charge in [0.25, 0.3) is 0 Å². The standard InChI is InChI=1S/C16H27N3O/c1-3-16(20)17-11-10-15-18-12-13(2)19(15)14-8-6-4-5-7-9-14/h12,14H,3-11H2,1-2H3,(H,17,20). The Morgan fingerprint density at radius 3 is 2.70 bits per heavy atom. The molecule has 2 rings (SSSR count). The highest BCUT2D eigenvalue weighted by atomic mass is 16.1. The quantitative estimate of drug-likeness (QED) is 0.840. The molecule has 1 heterocycles. The summed E-state index contributed by atoms with van der Waals surface area (Å²) < 4.78 is 2.42. The SMILES string of the molecule is CCC(=O)NCCc1ncc(C)n1C1CCCCCC1. The fraction of sp³-hybridized carbons (Fsp3) is 0.750. The van der Waals surface area contributed by atoms with Crippen molar-refractivity contribution in [2.24, 2.45) is 0 Å². The van der Waals surface area contributed by atoms with Crippen molar-refractivity contribution in [1.82, 2.24) is 14.9 Å². The number of carbonyl (C=O) groups is 1. The molecule has 0 aromatic carbocycles. The highest BCUT2D eigenvalue weighted by Crippen LogP contribution is 2.29. The highest BCUT2D eigenvalue weighted by Gasteiger charge is 2.18. The Balaban J connectivity index is 2.00. The molecule has 0 atom stereocenters. The van der Waals surface area contributed by atoms with E-state index in [4.69, 9.17) is 0 Å². The number of rotatable bonds is 5. The molecule has 112 valence electrons. The molecule has 1 amide bonds. The van der Waals surface area contributed by atoms with E-state index in [0.717, 1.165) is 12.2 Å². The Labute approximate surface area is 122 Å². The fourth-order valence-corrected chi connectivity index (χ4v) is 3.13. The van der Waals surface area contributed by atoms with Gasteiger partial charge in [0.15, 0.2) is 0 Å². The molecule has 1 aromatic heterocycles. The van der Waals surface area contributed by atoms with Gasteiger partial charge in [-0.1, -0.05) is 32.6 Å². The second kappa shape index (κ2) is 7.46. The second-order valence-electron chi connectivity index (χ2n) is 5.78. The van der Waals surface area contributed by atoms with Crippen LogP contribution in [0.3, 0.4) is 0 Å². The average Bonchev–Trinajstić information content (AvgIpc) is 2.68. The monoisotopic (exact) mass is 277 g/mol. The van der Waals surface area contributed by atoms with Crippen molar-refractivity contribution in [2.75, 3.05) is 6.54 Å². The van der Waals surface area contributed by atoms with Gasteiger partial charge in [0, 0.05) is 37.3 Å². The minimum Gasteiger partial charge on any atom is -0.356 e. The zero-order valence-electron chi connectivity index (χ0n) is 12.8. The molecule has 1 aliphatic carbocycles. The number of aromatic nitrogens is 2. The van der Waals surface area contributed by atoms with Crippen LogP contribution in [0, 0.1) is 6.92 Å². The molecule has 20 heavy (non-hydrogen) atoms. The minimum absolute atomic E-state index is 0.120. The van der Waals surface area contributed by atoms with Crippen LogP contribution < -0.4 is 5.32 Å². The first kappa shape index (κ1) is 15.1. The van der Waals surface area contributed by atoms with Crippen molar-refractivity contribution in [2.45, 2.75) is 71.3 Å². The number of nitrogens with one attached hydrogen (secondary N) is 1. The molecule has 0 bridgehead atoms. The van der Waals surface area contributed by atoms with Crippen LogP contribution in [0.5, 0.6) is 0 Å². The normalized spacial score (nSPS) is 16.9. The van der Waals surface area contributed by atoms with Crippen molar-refractivity contribution in [3.63, 3.8) is 0 Å². The maximum atomic E-state index is 11.3. The van der Waals surface area contributed by atoms with Gasteiger partial charge in [-0.25, -0.2) is 4.98 Å². The molecule has 1 saturated carbocycles. The van der Waals surface area contributed by atoms with Crippen LogP contribution in [0.1, 0.15) is 69.4 Å². The molecule has 4 heteroatoms. The first-order valence-corrected chi connectivity index (χ1v) is 8.01. The molecular weight excluding hydrogens is 250 g/mol. The third-order valence-corrected chi connectivity index (χ3v) is 4.24. The Morgan fingerprint density at radius 2 is 2.05 bits per heavy atom. The summed E-state index contributed by atoms with van der Waals surface area (Å²) in [5.74, 6) is 1.25. The molecule has 1 fully saturated rings. The summed E-state index contributed by atoms with van der Waals surface area (Å²) in [6.45, 7) is 4.72. The molecule has 4 nitrogen and oxygen atoms in total. The average molecular weight is 277 g/mol. The van der Waals surface area contributed by atoms with Crippen LogP contribution in [0.25, 0.3) is 0 Å². The molecular formula is C16H27N3O. The van der Waals surface area contributed by atoms with E-state index in [9.17, 15) is 4.79 Å². The fourth-order valence-electron chi connectivity index (χ4n) is 3.13. The molecule has 0 aliphatic heterocycles. The summed E-state index contributed by atoms with van der Waals surface area (Å²) in [4.78, 5) is 15.9. The summed E-state index contributed by atoms with van der Waals surface area (Å²) in [7, 11) is 0. The van der Waals surface area contributed by atoms with Gasteiger partial charge in [0.1, 0.15) is 5.82 Å². The van der Waals surface area contributed by atoms with Gasteiger partial charge in [-0.15, -0.1) is 0 Å².